The first-order chi connectivity index (χ1) is 9.04. The summed E-state index contributed by atoms with van der Waals surface area (Å²) < 4.78 is 32.4. The lowest BCUT2D eigenvalue weighted by Crippen LogP contribution is -2.19. The smallest absolute Gasteiger partial charge is 0.190 e. The Hall–Kier alpha value is -1.60. The monoisotopic (exact) mass is 267 g/mol. The quantitative estimate of drug-likeness (QED) is 0.605. The van der Waals surface area contributed by atoms with Crippen LogP contribution in [0.25, 0.3) is 0 Å². The predicted molar refractivity (Wildman–Crippen MR) is 71.8 cm³/mol. The molecule has 1 aromatic rings. The summed E-state index contributed by atoms with van der Waals surface area (Å²) in [5.74, 6) is 1.08. The van der Waals surface area contributed by atoms with Crippen LogP contribution in [0.4, 0.5) is 8.78 Å². The molecule has 0 saturated heterocycles. The van der Waals surface area contributed by atoms with Crippen LogP contribution in [-0.4, -0.2) is 13.2 Å². The van der Waals surface area contributed by atoms with Crippen LogP contribution in [0.1, 0.15) is 25.8 Å². The highest BCUT2D eigenvalue weighted by Crippen LogP contribution is 2.23. The van der Waals surface area contributed by atoms with Gasteiger partial charge in [0.15, 0.2) is 17.4 Å². The highest BCUT2D eigenvalue weighted by molar-refractivity contribution is 5.31. The molecule has 104 valence electrons. The lowest BCUT2D eigenvalue weighted by molar-refractivity contribution is 0.292. The Morgan fingerprint density at radius 2 is 1.95 bits per heavy atom. The Bertz CT molecular complexity index is 429. The van der Waals surface area contributed by atoms with Gasteiger partial charge in [-0.1, -0.05) is 13.8 Å². The fourth-order valence-corrected chi connectivity index (χ4v) is 1.57. The maximum absolute atomic E-state index is 13.7. The van der Waals surface area contributed by atoms with Gasteiger partial charge < -0.3 is 10.1 Å². The van der Waals surface area contributed by atoms with Gasteiger partial charge in [0.1, 0.15) is 0 Å². The molecule has 0 unspecified atom stereocenters. The van der Waals surface area contributed by atoms with Crippen LogP contribution in [-0.2, 0) is 6.54 Å². The zero-order chi connectivity index (χ0) is 14.3. The maximum Gasteiger partial charge on any atom is 0.190 e. The third-order valence-corrected chi connectivity index (χ3v) is 2.43. The number of rotatable bonds is 7. The van der Waals surface area contributed by atoms with Crippen LogP contribution in [0.15, 0.2) is 12.1 Å². The molecule has 0 bridgehead atoms. The summed E-state index contributed by atoms with van der Waals surface area (Å²) in [6.07, 6.45) is 5.36. The molecule has 1 aromatic carbocycles. The number of hydrogen-bond acceptors (Lipinski definition) is 2. The van der Waals surface area contributed by atoms with Crippen molar-refractivity contribution in [2.24, 2.45) is 5.92 Å². The Labute approximate surface area is 113 Å². The van der Waals surface area contributed by atoms with Crippen molar-refractivity contribution in [3.05, 3.63) is 29.3 Å². The van der Waals surface area contributed by atoms with E-state index >= 15 is 0 Å². The SMILES string of the molecule is C#CCCOc1c(F)cc(CNCC(C)C)cc1F. The Kier molecular flexibility index (Phi) is 6.31. The molecule has 1 rings (SSSR count). The molecule has 0 saturated carbocycles. The molecule has 0 aromatic heterocycles. The molecule has 0 fully saturated rings. The summed E-state index contributed by atoms with van der Waals surface area (Å²) in [6, 6.07) is 2.56. The number of benzene rings is 1. The number of nitrogens with one attached hydrogen (secondary N) is 1. The normalized spacial score (nSPS) is 10.5. The fraction of sp³-hybridized carbons (Fsp3) is 0.467. The van der Waals surface area contributed by atoms with Crippen LogP contribution in [0.5, 0.6) is 5.75 Å². The van der Waals surface area contributed by atoms with E-state index in [9.17, 15) is 8.78 Å². The highest BCUT2D eigenvalue weighted by Gasteiger charge is 2.12. The molecule has 0 amide bonds. The second-order valence-electron chi connectivity index (χ2n) is 4.72. The molecule has 0 spiro atoms. The molecule has 19 heavy (non-hydrogen) atoms. The van der Waals surface area contributed by atoms with E-state index < -0.39 is 11.6 Å². The van der Waals surface area contributed by atoms with E-state index in [2.05, 4.69) is 25.1 Å². The lowest BCUT2D eigenvalue weighted by Gasteiger charge is -2.11. The molecule has 4 heteroatoms. The van der Waals surface area contributed by atoms with Crippen molar-refractivity contribution in [1.29, 1.82) is 0 Å². The molecule has 0 radical (unpaired) electrons. The van der Waals surface area contributed by atoms with Gasteiger partial charge in [-0.15, -0.1) is 12.3 Å². The van der Waals surface area contributed by atoms with Gasteiger partial charge in [-0.3, -0.25) is 0 Å². The summed E-state index contributed by atoms with van der Waals surface area (Å²) in [5.41, 5.74) is 0.556. The largest absolute Gasteiger partial charge is 0.487 e. The number of halogens is 2. The van der Waals surface area contributed by atoms with Gasteiger partial charge in [0.05, 0.1) is 6.61 Å². The molecule has 0 heterocycles. The second-order valence-corrected chi connectivity index (χ2v) is 4.72. The molecule has 2 nitrogen and oxygen atoms in total. The molecule has 0 aliphatic rings. The minimum Gasteiger partial charge on any atom is -0.487 e. The number of terminal acetylenes is 1. The molecule has 0 aliphatic carbocycles. The Morgan fingerprint density at radius 3 is 2.47 bits per heavy atom. The second kappa shape index (κ2) is 7.75. The van der Waals surface area contributed by atoms with Gasteiger partial charge in [0.2, 0.25) is 0 Å². The average Bonchev–Trinajstić information content (AvgIpc) is 2.32. The minimum atomic E-state index is -0.696. The van der Waals surface area contributed by atoms with Crippen molar-refractivity contribution < 1.29 is 13.5 Å². The lowest BCUT2D eigenvalue weighted by atomic mass is 10.1. The standard InChI is InChI=1S/C15H19F2NO/c1-4-5-6-19-15-13(16)7-12(8-14(15)17)10-18-9-11(2)3/h1,7-8,11,18H,5-6,9-10H2,2-3H3. The highest BCUT2D eigenvalue weighted by atomic mass is 19.1. The summed E-state index contributed by atoms with van der Waals surface area (Å²) in [4.78, 5) is 0. The van der Waals surface area contributed by atoms with Crippen molar-refractivity contribution in [3.63, 3.8) is 0 Å². The van der Waals surface area contributed by atoms with Crippen LogP contribution in [0, 0.1) is 29.9 Å². The zero-order valence-corrected chi connectivity index (χ0v) is 11.3. The van der Waals surface area contributed by atoms with Gasteiger partial charge in [0, 0.05) is 13.0 Å². The molecule has 1 N–H and O–H groups in total. The first-order valence-electron chi connectivity index (χ1n) is 6.29. The van der Waals surface area contributed by atoms with E-state index in [1.807, 2.05) is 0 Å². The fourth-order valence-electron chi connectivity index (χ4n) is 1.57. The molecule has 0 atom stereocenters. The summed E-state index contributed by atoms with van der Waals surface area (Å²) in [7, 11) is 0. The first kappa shape index (κ1) is 15.5. The van der Waals surface area contributed by atoms with Crippen molar-refractivity contribution in [3.8, 4) is 18.1 Å². The van der Waals surface area contributed by atoms with Crippen molar-refractivity contribution in [2.75, 3.05) is 13.2 Å². The van der Waals surface area contributed by atoms with Crippen LogP contribution < -0.4 is 10.1 Å². The van der Waals surface area contributed by atoms with Gasteiger partial charge in [-0.25, -0.2) is 8.78 Å². The third-order valence-electron chi connectivity index (χ3n) is 2.43. The topological polar surface area (TPSA) is 21.3 Å². The average molecular weight is 267 g/mol. The third kappa shape index (κ3) is 5.27. The van der Waals surface area contributed by atoms with E-state index in [1.54, 1.807) is 0 Å². The van der Waals surface area contributed by atoms with Crippen molar-refractivity contribution >= 4 is 0 Å². The van der Waals surface area contributed by atoms with E-state index in [1.165, 1.54) is 12.1 Å². The summed E-state index contributed by atoms with van der Waals surface area (Å²) >= 11 is 0. The summed E-state index contributed by atoms with van der Waals surface area (Å²) in [6.45, 7) is 5.46. The van der Waals surface area contributed by atoms with Gasteiger partial charge in [-0.2, -0.15) is 0 Å². The number of hydrogen-bond donors (Lipinski definition) is 1. The predicted octanol–water partition coefficient (Wildman–Crippen LogP) is 3.11. The Balaban J connectivity index is 2.65. The van der Waals surface area contributed by atoms with E-state index in [0.717, 1.165) is 6.54 Å². The van der Waals surface area contributed by atoms with Gasteiger partial charge >= 0.3 is 0 Å². The Morgan fingerprint density at radius 1 is 1.32 bits per heavy atom. The van der Waals surface area contributed by atoms with E-state index in [4.69, 9.17) is 11.2 Å². The number of ether oxygens (including phenoxy) is 1. The molecular weight excluding hydrogens is 248 g/mol. The van der Waals surface area contributed by atoms with Crippen LogP contribution in [0.3, 0.4) is 0 Å². The van der Waals surface area contributed by atoms with Crippen LogP contribution in [0.2, 0.25) is 0 Å². The van der Waals surface area contributed by atoms with Gasteiger partial charge in [-0.05, 0) is 30.2 Å². The van der Waals surface area contributed by atoms with Crippen LogP contribution >= 0.6 is 0 Å². The van der Waals surface area contributed by atoms with Crippen molar-refractivity contribution in [2.45, 2.75) is 26.8 Å². The van der Waals surface area contributed by atoms with Crippen molar-refractivity contribution in [1.82, 2.24) is 5.32 Å². The minimum absolute atomic E-state index is 0.106. The zero-order valence-electron chi connectivity index (χ0n) is 11.3. The first-order valence-corrected chi connectivity index (χ1v) is 6.29. The van der Waals surface area contributed by atoms with E-state index in [-0.39, 0.29) is 12.4 Å². The van der Waals surface area contributed by atoms with E-state index in [0.29, 0.717) is 24.4 Å². The summed E-state index contributed by atoms with van der Waals surface area (Å²) in [5, 5.41) is 3.13. The molecular formula is C15H19F2NO. The van der Waals surface area contributed by atoms with Gasteiger partial charge in [0.25, 0.3) is 0 Å². The molecule has 0 aliphatic heterocycles. The maximum atomic E-state index is 13.7.